The van der Waals surface area contributed by atoms with Gasteiger partial charge in [-0.25, -0.2) is 0 Å². The average molecular weight is 416 g/mol. The van der Waals surface area contributed by atoms with Gasteiger partial charge >= 0.3 is 0 Å². The fourth-order valence-corrected chi connectivity index (χ4v) is 4.84. The number of hydrogen-bond donors (Lipinski definition) is 0. The summed E-state index contributed by atoms with van der Waals surface area (Å²) in [4.78, 5) is 17.4. The van der Waals surface area contributed by atoms with E-state index in [2.05, 4.69) is 51.6 Å². The van der Waals surface area contributed by atoms with Gasteiger partial charge in [0.2, 0.25) is 0 Å². The SMILES string of the molecule is O=C(c1cn(CCc2ccccc2)nn1)N1CCN([C@H]2CCc3ccccc3C2)CC1. The van der Waals surface area contributed by atoms with Crippen LogP contribution in [0, 0.1) is 0 Å². The van der Waals surface area contributed by atoms with Crippen molar-refractivity contribution < 1.29 is 4.79 Å². The average Bonchev–Trinajstić information content (AvgIpc) is 3.32. The minimum Gasteiger partial charge on any atom is -0.335 e. The molecule has 1 aromatic heterocycles. The molecule has 2 heterocycles. The number of aryl methyl sites for hydroxylation is 3. The van der Waals surface area contributed by atoms with Gasteiger partial charge in [0, 0.05) is 38.8 Å². The molecule has 1 aliphatic heterocycles. The lowest BCUT2D eigenvalue weighted by Crippen LogP contribution is -2.53. The monoisotopic (exact) mass is 415 g/mol. The van der Waals surface area contributed by atoms with Gasteiger partial charge in [0.05, 0.1) is 6.20 Å². The molecule has 2 aromatic carbocycles. The number of piperazine rings is 1. The van der Waals surface area contributed by atoms with Crippen molar-refractivity contribution in [3.05, 3.63) is 83.2 Å². The quantitative estimate of drug-likeness (QED) is 0.643. The molecular formula is C25H29N5O. The maximum atomic E-state index is 12.9. The topological polar surface area (TPSA) is 54.3 Å². The van der Waals surface area contributed by atoms with Gasteiger partial charge in [0.25, 0.3) is 5.91 Å². The molecule has 1 aliphatic carbocycles. The van der Waals surface area contributed by atoms with Crippen LogP contribution >= 0.6 is 0 Å². The molecule has 3 aromatic rings. The Morgan fingerprint density at radius 2 is 1.68 bits per heavy atom. The second-order valence-corrected chi connectivity index (χ2v) is 8.60. The molecule has 2 aliphatic rings. The highest BCUT2D eigenvalue weighted by atomic mass is 16.2. The van der Waals surface area contributed by atoms with Crippen molar-refractivity contribution in [1.29, 1.82) is 0 Å². The zero-order valence-electron chi connectivity index (χ0n) is 17.9. The first-order valence-corrected chi connectivity index (χ1v) is 11.3. The fourth-order valence-electron chi connectivity index (χ4n) is 4.84. The lowest BCUT2D eigenvalue weighted by atomic mass is 9.87. The van der Waals surface area contributed by atoms with Crippen molar-refractivity contribution in [3.63, 3.8) is 0 Å². The van der Waals surface area contributed by atoms with Crippen LogP contribution in [0.25, 0.3) is 0 Å². The van der Waals surface area contributed by atoms with E-state index < -0.39 is 0 Å². The first-order chi connectivity index (χ1) is 15.3. The van der Waals surface area contributed by atoms with Crippen LogP contribution in [0.15, 0.2) is 60.8 Å². The number of amides is 1. The largest absolute Gasteiger partial charge is 0.335 e. The summed E-state index contributed by atoms with van der Waals surface area (Å²) in [6.45, 7) is 4.10. The number of carbonyl (C=O) groups excluding carboxylic acids is 1. The van der Waals surface area contributed by atoms with Crippen molar-refractivity contribution in [1.82, 2.24) is 24.8 Å². The number of hydrogen-bond acceptors (Lipinski definition) is 4. The van der Waals surface area contributed by atoms with E-state index in [0.29, 0.717) is 11.7 Å². The van der Waals surface area contributed by atoms with E-state index >= 15 is 0 Å². The predicted molar refractivity (Wildman–Crippen MR) is 120 cm³/mol. The third-order valence-electron chi connectivity index (χ3n) is 6.67. The minimum atomic E-state index is -0.000370. The number of rotatable bonds is 5. The van der Waals surface area contributed by atoms with Crippen molar-refractivity contribution in [2.75, 3.05) is 26.2 Å². The zero-order chi connectivity index (χ0) is 21.0. The number of carbonyl (C=O) groups is 1. The molecule has 1 amide bonds. The summed E-state index contributed by atoms with van der Waals surface area (Å²) in [5.41, 5.74) is 4.70. The van der Waals surface area contributed by atoms with E-state index in [0.717, 1.165) is 52.0 Å². The Labute approximate surface area is 183 Å². The molecule has 0 unspecified atom stereocenters. The molecule has 6 heteroatoms. The molecule has 5 rings (SSSR count). The molecule has 31 heavy (non-hydrogen) atoms. The van der Waals surface area contributed by atoms with Crippen LogP contribution < -0.4 is 0 Å². The standard InChI is InChI=1S/C25H29N5O/c31-25(24-19-30(27-26-24)13-12-20-6-2-1-3-7-20)29-16-14-28(15-17-29)23-11-10-21-8-4-5-9-22(21)18-23/h1-9,19,23H,10-18H2/t23-/m0/s1. The van der Waals surface area contributed by atoms with Gasteiger partial charge in [-0.3, -0.25) is 14.4 Å². The molecule has 0 saturated carbocycles. The maximum Gasteiger partial charge on any atom is 0.276 e. The van der Waals surface area contributed by atoms with Gasteiger partial charge < -0.3 is 4.90 Å². The smallest absolute Gasteiger partial charge is 0.276 e. The highest BCUT2D eigenvalue weighted by Crippen LogP contribution is 2.25. The van der Waals surface area contributed by atoms with Crippen molar-refractivity contribution in [3.8, 4) is 0 Å². The second kappa shape index (κ2) is 9.02. The molecule has 1 saturated heterocycles. The van der Waals surface area contributed by atoms with Crippen LogP contribution in [0.1, 0.15) is 33.6 Å². The summed E-state index contributed by atoms with van der Waals surface area (Å²) in [7, 11) is 0. The van der Waals surface area contributed by atoms with E-state index in [1.807, 2.05) is 23.1 Å². The summed E-state index contributed by atoms with van der Waals surface area (Å²) >= 11 is 0. The zero-order valence-corrected chi connectivity index (χ0v) is 17.9. The lowest BCUT2D eigenvalue weighted by Gasteiger charge is -2.41. The summed E-state index contributed by atoms with van der Waals surface area (Å²) in [5, 5.41) is 8.31. The van der Waals surface area contributed by atoms with E-state index in [-0.39, 0.29) is 5.91 Å². The summed E-state index contributed by atoms with van der Waals surface area (Å²) in [6, 6.07) is 19.7. The molecule has 0 spiro atoms. The molecule has 1 atom stereocenters. The van der Waals surface area contributed by atoms with Gasteiger partial charge in [0.15, 0.2) is 5.69 Å². The highest BCUT2D eigenvalue weighted by molar-refractivity contribution is 5.92. The Kier molecular flexibility index (Phi) is 5.80. The Morgan fingerprint density at radius 1 is 0.935 bits per heavy atom. The fraction of sp³-hybridized carbons (Fsp3) is 0.400. The van der Waals surface area contributed by atoms with Crippen LogP contribution in [-0.4, -0.2) is 62.9 Å². The maximum absolute atomic E-state index is 12.9. The predicted octanol–water partition coefficient (Wildman–Crippen LogP) is 2.84. The van der Waals surface area contributed by atoms with Crippen molar-refractivity contribution >= 4 is 5.91 Å². The van der Waals surface area contributed by atoms with Crippen LogP contribution in [0.3, 0.4) is 0 Å². The third-order valence-corrected chi connectivity index (χ3v) is 6.67. The Morgan fingerprint density at radius 3 is 2.48 bits per heavy atom. The summed E-state index contributed by atoms with van der Waals surface area (Å²) in [5.74, 6) is -0.000370. The summed E-state index contributed by atoms with van der Waals surface area (Å²) < 4.78 is 1.77. The number of nitrogens with zero attached hydrogens (tertiary/aromatic N) is 5. The minimum absolute atomic E-state index is 0.000370. The molecular weight excluding hydrogens is 386 g/mol. The normalized spacial score (nSPS) is 19.2. The van der Waals surface area contributed by atoms with Crippen LogP contribution in [0.2, 0.25) is 0 Å². The number of benzene rings is 2. The lowest BCUT2D eigenvalue weighted by molar-refractivity contribution is 0.0547. The van der Waals surface area contributed by atoms with Crippen LogP contribution in [0.4, 0.5) is 0 Å². The molecule has 0 bridgehead atoms. The van der Waals surface area contributed by atoms with Crippen LogP contribution in [0.5, 0.6) is 0 Å². The number of fused-ring (bicyclic) bond motifs is 1. The molecule has 160 valence electrons. The first-order valence-electron chi connectivity index (χ1n) is 11.3. The molecule has 0 N–H and O–H groups in total. The van der Waals surface area contributed by atoms with Gasteiger partial charge in [-0.05, 0) is 42.4 Å². The van der Waals surface area contributed by atoms with E-state index in [1.54, 1.807) is 10.9 Å². The first kappa shape index (κ1) is 19.9. The molecule has 0 radical (unpaired) electrons. The van der Waals surface area contributed by atoms with Crippen LogP contribution in [-0.2, 0) is 25.8 Å². The van der Waals surface area contributed by atoms with E-state index in [9.17, 15) is 4.79 Å². The Balaban J connectivity index is 1.13. The third kappa shape index (κ3) is 4.54. The Bertz CT molecular complexity index is 1020. The van der Waals surface area contributed by atoms with Gasteiger partial charge in [-0.2, -0.15) is 0 Å². The molecule has 6 nitrogen and oxygen atoms in total. The van der Waals surface area contributed by atoms with Crippen molar-refractivity contribution in [2.24, 2.45) is 0 Å². The van der Waals surface area contributed by atoms with Gasteiger partial charge in [0.1, 0.15) is 0 Å². The highest BCUT2D eigenvalue weighted by Gasteiger charge is 2.29. The van der Waals surface area contributed by atoms with Crippen molar-refractivity contribution in [2.45, 2.75) is 38.3 Å². The van der Waals surface area contributed by atoms with Gasteiger partial charge in [-0.15, -0.1) is 5.10 Å². The number of aromatic nitrogens is 3. The van der Waals surface area contributed by atoms with E-state index in [1.165, 1.54) is 23.1 Å². The van der Waals surface area contributed by atoms with Gasteiger partial charge in [-0.1, -0.05) is 59.8 Å². The second-order valence-electron chi connectivity index (χ2n) is 8.60. The van der Waals surface area contributed by atoms with E-state index in [4.69, 9.17) is 0 Å². The summed E-state index contributed by atoms with van der Waals surface area (Å²) in [6.07, 6.45) is 6.16. The Hall–Kier alpha value is -2.99. The molecule has 1 fully saturated rings.